The molecule has 20 heavy (non-hydrogen) atoms. The summed E-state index contributed by atoms with van der Waals surface area (Å²) in [7, 11) is 0. The van der Waals surface area contributed by atoms with Gasteiger partial charge in [-0.1, -0.05) is 32.4 Å². The van der Waals surface area contributed by atoms with E-state index in [0.29, 0.717) is 0 Å². The van der Waals surface area contributed by atoms with Gasteiger partial charge < -0.3 is 0 Å². The molecule has 0 saturated carbocycles. The van der Waals surface area contributed by atoms with Crippen LogP contribution in [0.2, 0.25) is 0 Å². The summed E-state index contributed by atoms with van der Waals surface area (Å²) in [6, 6.07) is 0. The smallest absolute Gasteiger partial charge is 0.0241 e. The molecule has 2 nitrogen and oxygen atoms in total. The Morgan fingerprint density at radius 3 is 1.80 bits per heavy atom. The van der Waals surface area contributed by atoms with Crippen LogP contribution in [0.4, 0.5) is 0 Å². The molecule has 2 heteroatoms. The molecule has 0 radical (unpaired) electrons. The molecule has 0 aliphatic carbocycles. The van der Waals surface area contributed by atoms with Gasteiger partial charge in [0.15, 0.2) is 0 Å². The molecule has 0 aliphatic rings. The average molecular weight is 276 g/mol. The summed E-state index contributed by atoms with van der Waals surface area (Å²) >= 11 is 0. The fourth-order valence-corrected chi connectivity index (χ4v) is 2.02. The van der Waals surface area contributed by atoms with Gasteiger partial charge in [0.05, 0.1) is 0 Å². The van der Waals surface area contributed by atoms with E-state index in [-0.39, 0.29) is 0 Å². The van der Waals surface area contributed by atoms with E-state index in [2.05, 4.69) is 54.7 Å². The first-order valence-corrected chi connectivity index (χ1v) is 7.84. The molecule has 0 amide bonds. The van der Waals surface area contributed by atoms with Crippen LogP contribution in [0.3, 0.4) is 0 Å². The van der Waals surface area contributed by atoms with E-state index in [9.17, 15) is 0 Å². The highest BCUT2D eigenvalue weighted by Gasteiger charge is 1.99. The highest BCUT2D eigenvalue weighted by atomic mass is 15.1. The van der Waals surface area contributed by atoms with Crippen molar-refractivity contribution >= 4 is 0 Å². The monoisotopic (exact) mass is 276 g/mol. The molecule has 0 rings (SSSR count). The summed E-state index contributed by atoms with van der Waals surface area (Å²) in [5, 5.41) is 0. The molecule has 0 spiro atoms. The molecular weight excluding hydrogens is 244 g/mol. The molecule has 0 atom stereocenters. The second kappa shape index (κ2) is 14.3. The van der Waals surface area contributed by atoms with E-state index in [0.717, 1.165) is 39.3 Å². The van der Waals surface area contributed by atoms with Gasteiger partial charge >= 0.3 is 0 Å². The molecule has 0 aliphatic heterocycles. The van der Waals surface area contributed by atoms with Crippen LogP contribution >= 0.6 is 0 Å². The molecule has 0 heterocycles. The zero-order chi connectivity index (χ0) is 15.1. The van der Waals surface area contributed by atoms with Crippen molar-refractivity contribution in [3.63, 3.8) is 0 Å². The van der Waals surface area contributed by atoms with Crippen LogP contribution in [-0.2, 0) is 0 Å². The van der Waals surface area contributed by atoms with Crippen molar-refractivity contribution in [1.82, 2.24) is 9.80 Å². The Bertz CT molecular complexity index is 301. The van der Waals surface area contributed by atoms with Crippen molar-refractivity contribution in [2.45, 2.75) is 33.1 Å². The molecule has 0 bridgehead atoms. The van der Waals surface area contributed by atoms with E-state index >= 15 is 0 Å². The molecule has 0 fully saturated rings. The number of rotatable bonds is 13. The van der Waals surface area contributed by atoms with E-state index in [4.69, 9.17) is 0 Å². The number of nitrogens with zero attached hydrogens (tertiary/aromatic N) is 2. The van der Waals surface area contributed by atoms with Crippen LogP contribution in [0.5, 0.6) is 0 Å². The van der Waals surface area contributed by atoms with Crippen LogP contribution < -0.4 is 0 Å². The number of hydrogen-bond acceptors (Lipinski definition) is 2. The lowest BCUT2D eigenvalue weighted by molar-refractivity contribution is 0.328. The number of hydrogen-bond donors (Lipinski definition) is 0. The number of unbranched alkanes of at least 4 members (excludes halogenated alkanes) is 1. The van der Waals surface area contributed by atoms with Gasteiger partial charge in [0, 0.05) is 26.2 Å². The van der Waals surface area contributed by atoms with Crippen LogP contribution in [0.15, 0.2) is 43.2 Å². The highest BCUT2D eigenvalue weighted by molar-refractivity contribution is 4.91. The van der Waals surface area contributed by atoms with E-state index in [1.54, 1.807) is 0 Å². The first-order valence-electron chi connectivity index (χ1n) is 7.84. The lowest BCUT2D eigenvalue weighted by Crippen LogP contribution is -2.25. The molecule has 0 saturated heterocycles. The molecule has 0 aromatic carbocycles. The first-order chi connectivity index (χ1) is 9.78. The average Bonchev–Trinajstić information content (AvgIpc) is 2.44. The lowest BCUT2D eigenvalue weighted by Gasteiger charge is -2.17. The summed E-state index contributed by atoms with van der Waals surface area (Å²) in [6.45, 7) is 18.1. The third-order valence-electron chi connectivity index (χ3n) is 3.08. The van der Waals surface area contributed by atoms with Gasteiger partial charge in [0.1, 0.15) is 0 Å². The Hall–Kier alpha value is -1.08. The Kier molecular flexibility index (Phi) is 13.6. The van der Waals surface area contributed by atoms with Crippen molar-refractivity contribution in [2.75, 3.05) is 39.3 Å². The zero-order valence-electron chi connectivity index (χ0n) is 13.5. The van der Waals surface area contributed by atoms with Gasteiger partial charge in [-0.05, 0) is 38.1 Å². The second-order valence-electron chi connectivity index (χ2n) is 5.02. The summed E-state index contributed by atoms with van der Waals surface area (Å²) in [5.74, 6) is 0. The van der Waals surface area contributed by atoms with E-state index < -0.39 is 0 Å². The Morgan fingerprint density at radius 1 is 0.800 bits per heavy atom. The van der Waals surface area contributed by atoms with Crippen molar-refractivity contribution in [3.05, 3.63) is 43.2 Å². The van der Waals surface area contributed by atoms with Crippen molar-refractivity contribution in [1.29, 1.82) is 0 Å². The summed E-state index contributed by atoms with van der Waals surface area (Å²) in [4.78, 5) is 4.76. The Balaban J connectivity index is 4.12. The van der Waals surface area contributed by atoms with Gasteiger partial charge in [-0.15, -0.1) is 18.9 Å². The SMILES string of the molecule is C=CCN(CC=C=CCN(CC=C)CCCC)CCC. The van der Waals surface area contributed by atoms with Crippen LogP contribution in [0.25, 0.3) is 0 Å². The normalized spacial score (nSPS) is 10.4. The van der Waals surface area contributed by atoms with Gasteiger partial charge in [0.25, 0.3) is 0 Å². The molecule has 114 valence electrons. The lowest BCUT2D eigenvalue weighted by atomic mass is 10.3. The summed E-state index contributed by atoms with van der Waals surface area (Å²) in [5.41, 5.74) is 3.30. The predicted octanol–water partition coefficient (Wildman–Crippen LogP) is 3.88. The fourth-order valence-electron chi connectivity index (χ4n) is 2.02. The molecule has 0 unspecified atom stereocenters. The van der Waals surface area contributed by atoms with Gasteiger partial charge in [-0.25, -0.2) is 0 Å². The quantitative estimate of drug-likeness (QED) is 0.372. The third-order valence-corrected chi connectivity index (χ3v) is 3.08. The standard InChI is InChI=1S/C18H32N2/c1-5-9-16-20(15-8-4)18-12-10-11-17-19(13-6-2)14-7-3/h6,8,11-12H,2,4-5,7,9,13-18H2,1,3H3. The van der Waals surface area contributed by atoms with Crippen molar-refractivity contribution in [3.8, 4) is 0 Å². The second-order valence-corrected chi connectivity index (χ2v) is 5.02. The summed E-state index contributed by atoms with van der Waals surface area (Å²) in [6.07, 6.45) is 11.8. The fraction of sp³-hybridized carbons (Fsp3) is 0.611. The molecule has 0 aromatic heterocycles. The van der Waals surface area contributed by atoms with Gasteiger partial charge in [-0.2, -0.15) is 0 Å². The minimum atomic E-state index is 0.950. The molecular formula is C18H32N2. The van der Waals surface area contributed by atoms with Gasteiger partial charge in [-0.3, -0.25) is 9.80 Å². The van der Waals surface area contributed by atoms with Crippen LogP contribution in [-0.4, -0.2) is 49.1 Å². The van der Waals surface area contributed by atoms with Crippen LogP contribution in [0.1, 0.15) is 33.1 Å². The molecule has 0 N–H and O–H groups in total. The topological polar surface area (TPSA) is 6.48 Å². The van der Waals surface area contributed by atoms with Crippen LogP contribution in [0, 0.1) is 0 Å². The third kappa shape index (κ3) is 10.8. The highest BCUT2D eigenvalue weighted by Crippen LogP contribution is 1.96. The Morgan fingerprint density at radius 2 is 1.35 bits per heavy atom. The van der Waals surface area contributed by atoms with Crippen molar-refractivity contribution < 1.29 is 0 Å². The maximum absolute atomic E-state index is 3.82. The predicted molar refractivity (Wildman–Crippen MR) is 91.1 cm³/mol. The van der Waals surface area contributed by atoms with E-state index in [1.165, 1.54) is 19.3 Å². The zero-order valence-corrected chi connectivity index (χ0v) is 13.5. The van der Waals surface area contributed by atoms with Crippen molar-refractivity contribution in [2.24, 2.45) is 0 Å². The maximum Gasteiger partial charge on any atom is 0.0241 e. The van der Waals surface area contributed by atoms with E-state index in [1.807, 2.05) is 12.2 Å². The Labute approximate surface area is 126 Å². The largest absolute Gasteiger partial charge is 0.295 e. The summed E-state index contributed by atoms with van der Waals surface area (Å²) < 4.78 is 0. The van der Waals surface area contributed by atoms with Gasteiger partial charge in [0.2, 0.25) is 0 Å². The minimum absolute atomic E-state index is 0.950. The molecule has 0 aromatic rings. The minimum Gasteiger partial charge on any atom is -0.295 e. The first kappa shape index (κ1) is 18.9. The maximum atomic E-state index is 3.82.